The Labute approximate surface area is 138 Å². The lowest BCUT2D eigenvalue weighted by Crippen LogP contribution is -2.14. The minimum Gasteiger partial charge on any atom is -0.284 e. The van der Waals surface area contributed by atoms with Crippen molar-refractivity contribution in [3.05, 3.63) is 53.3 Å². The second-order valence-electron chi connectivity index (χ2n) is 4.64. The van der Waals surface area contributed by atoms with Crippen LogP contribution in [0, 0.1) is 5.82 Å². The van der Waals surface area contributed by atoms with Gasteiger partial charge in [0.05, 0.1) is 27.5 Å². The van der Waals surface area contributed by atoms with Crippen molar-refractivity contribution in [2.45, 2.75) is 4.90 Å². The second-order valence-corrected chi connectivity index (χ2v) is 8.47. The maximum atomic E-state index is 13.1. The summed E-state index contributed by atoms with van der Waals surface area (Å²) < 4.78 is 64.4. The van der Waals surface area contributed by atoms with Crippen LogP contribution in [0.3, 0.4) is 0 Å². The van der Waals surface area contributed by atoms with Gasteiger partial charge in [0.25, 0.3) is 10.0 Å². The molecule has 124 valence electrons. The SMILES string of the molecule is CS(=O)(=O)Nc1cccc(NS(=O)(=O)c2ccc(F)c(Cl)c2)c1. The van der Waals surface area contributed by atoms with Crippen LogP contribution in [-0.4, -0.2) is 23.1 Å². The number of benzene rings is 2. The van der Waals surface area contributed by atoms with Gasteiger partial charge in [-0.2, -0.15) is 0 Å². The molecule has 0 aliphatic rings. The lowest BCUT2D eigenvalue weighted by Gasteiger charge is -2.10. The summed E-state index contributed by atoms with van der Waals surface area (Å²) in [6, 6.07) is 8.69. The van der Waals surface area contributed by atoms with E-state index in [1.807, 2.05) is 0 Å². The quantitative estimate of drug-likeness (QED) is 0.836. The van der Waals surface area contributed by atoms with E-state index in [1.165, 1.54) is 24.3 Å². The van der Waals surface area contributed by atoms with Crippen molar-refractivity contribution in [1.82, 2.24) is 0 Å². The molecule has 0 unspecified atom stereocenters. The van der Waals surface area contributed by atoms with Crippen molar-refractivity contribution in [3.63, 3.8) is 0 Å². The third-order valence-electron chi connectivity index (χ3n) is 2.62. The van der Waals surface area contributed by atoms with Crippen molar-refractivity contribution < 1.29 is 21.2 Å². The maximum absolute atomic E-state index is 13.1. The topological polar surface area (TPSA) is 92.3 Å². The number of anilines is 2. The van der Waals surface area contributed by atoms with Crippen LogP contribution >= 0.6 is 11.6 Å². The van der Waals surface area contributed by atoms with Crippen LogP contribution in [0.15, 0.2) is 47.4 Å². The number of hydrogen-bond acceptors (Lipinski definition) is 4. The fourth-order valence-electron chi connectivity index (χ4n) is 1.72. The van der Waals surface area contributed by atoms with Crippen molar-refractivity contribution in [2.75, 3.05) is 15.7 Å². The predicted octanol–water partition coefficient (Wildman–Crippen LogP) is 2.65. The van der Waals surface area contributed by atoms with Crippen LogP contribution in [-0.2, 0) is 20.0 Å². The smallest absolute Gasteiger partial charge is 0.261 e. The summed E-state index contributed by atoms with van der Waals surface area (Å²) in [5.74, 6) is -0.732. The maximum Gasteiger partial charge on any atom is 0.261 e. The van der Waals surface area contributed by atoms with Gasteiger partial charge in [0.2, 0.25) is 10.0 Å². The van der Waals surface area contributed by atoms with Gasteiger partial charge in [0, 0.05) is 0 Å². The monoisotopic (exact) mass is 378 g/mol. The zero-order valence-electron chi connectivity index (χ0n) is 11.7. The summed E-state index contributed by atoms with van der Waals surface area (Å²) in [7, 11) is -7.48. The number of nitrogens with one attached hydrogen (secondary N) is 2. The van der Waals surface area contributed by atoms with E-state index in [9.17, 15) is 21.2 Å². The van der Waals surface area contributed by atoms with E-state index in [0.29, 0.717) is 0 Å². The third kappa shape index (κ3) is 4.81. The predicted molar refractivity (Wildman–Crippen MR) is 87.1 cm³/mol. The van der Waals surface area contributed by atoms with E-state index >= 15 is 0 Å². The molecule has 6 nitrogen and oxygen atoms in total. The molecular weight excluding hydrogens is 367 g/mol. The summed E-state index contributed by atoms with van der Waals surface area (Å²) in [4.78, 5) is -0.217. The van der Waals surface area contributed by atoms with Gasteiger partial charge in [-0.05, 0) is 36.4 Å². The van der Waals surface area contributed by atoms with Crippen molar-refractivity contribution in [1.29, 1.82) is 0 Å². The van der Waals surface area contributed by atoms with Gasteiger partial charge < -0.3 is 0 Å². The van der Waals surface area contributed by atoms with Gasteiger partial charge in [-0.25, -0.2) is 21.2 Å². The first-order valence-corrected chi connectivity index (χ1v) is 9.88. The molecule has 2 aromatic carbocycles. The molecule has 2 N–H and O–H groups in total. The van der Waals surface area contributed by atoms with Crippen LogP contribution in [0.4, 0.5) is 15.8 Å². The van der Waals surface area contributed by atoms with Gasteiger partial charge in [-0.1, -0.05) is 17.7 Å². The zero-order chi connectivity index (χ0) is 17.3. The zero-order valence-corrected chi connectivity index (χ0v) is 14.1. The van der Waals surface area contributed by atoms with Gasteiger partial charge >= 0.3 is 0 Å². The summed E-state index contributed by atoms with van der Waals surface area (Å²) in [6.07, 6.45) is 0.977. The van der Waals surface area contributed by atoms with E-state index in [-0.39, 0.29) is 21.3 Å². The van der Waals surface area contributed by atoms with Gasteiger partial charge in [-0.3, -0.25) is 9.44 Å². The molecule has 2 aromatic rings. The van der Waals surface area contributed by atoms with Crippen LogP contribution in [0.1, 0.15) is 0 Å². The average Bonchev–Trinajstić information content (AvgIpc) is 2.39. The summed E-state index contributed by atoms with van der Waals surface area (Å²) in [6.45, 7) is 0. The molecule has 0 radical (unpaired) electrons. The number of rotatable bonds is 5. The second kappa shape index (κ2) is 6.34. The molecule has 0 fully saturated rings. The Morgan fingerprint density at radius 3 is 2.13 bits per heavy atom. The Morgan fingerprint density at radius 2 is 1.57 bits per heavy atom. The molecule has 0 saturated heterocycles. The van der Waals surface area contributed by atoms with E-state index < -0.39 is 25.9 Å². The molecule has 0 aliphatic carbocycles. The normalized spacial score (nSPS) is 12.0. The highest BCUT2D eigenvalue weighted by Gasteiger charge is 2.16. The van der Waals surface area contributed by atoms with Gasteiger partial charge in [0.1, 0.15) is 5.82 Å². The Hall–Kier alpha value is -1.84. The fraction of sp³-hybridized carbons (Fsp3) is 0.0769. The molecule has 2 rings (SSSR count). The molecule has 0 heterocycles. The van der Waals surface area contributed by atoms with Crippen molar-refractivity contribution in [2.24, 2.45) is 0 Å². The van der Waals surface area contributed by atoms with E-state index in [4.69, 9.17) is 11.6 Å². The van der Waals surface area contributed by atoms with Gasteiger partial charge in [0.15, 0.2) is 0 Å². The summed E-state index contributed by atoms with van der Waals surface area (Å²) in [5, 5.41) is -0.319. The number of halogens is 2. The first-order valence-electron chi connectivity index (χ1n) is 6.12. The lowest BCUT2D eigenvalue weighted by atomic mass is 10.3. The van der Waals surface area contributed by atoms with Crippen LogP contribution in [0.25, 0.3) is 0 Å². The molecule has 23 heavy (non-hydrogen) atoms. The van der Waals surface area contributed by atoms with Crippen LogP contribution in [0.2, 0.25) is 5.02 Å². The summed E-state index contributed by atoms with van der Waals surface area (Å²) in [5.41, 5.74) is 0.337. The molecule has 0 amide bonds. The molecule has 10 heteroatoms. The Bertz CT molecular complexity index is 946. The van der Waals surface area contributed by atoms with E-state index in [1.54, 1.807) is 0 Å². The first-order chi connectivity index (χ1) is 10.6. The average molecular weight is 379 g/mol. The van der Waals surface area contributed by atoms with Gasteiger partial charge in [-0.15, -0.1) is 0 Å². The Balaban J connectivity index is 2.30. The molecule has 0 bridgehead atoms. The minimum absolute atomic E-state index is 0.138. The number of sulfonamides is 2. The highest BCUT2D eigenvalue weighted by Crippen LogP contribution is 2.23. The van der Waals surface area contributed by atoms with Crippen molar-refractivity contribution in [3.8, 4) is 0 Å². The van der Waals surface area contributed by atoms with E-state index in [2.05, 4.69) is 9.44 Å². The largest absolute Gasteiger partial charge is 0.284 e. The van der Waals surface area contributed by atoms with Crippen molar-refractivity contribution >= 4 is 43.0 Å². The minimum atomic E-state index is -3.99. The highest BCUT2D eigenvalue weighted by atomic mass is 35.5. The molecule has 0 spiro atoms. The number of hydrogen-bond donors (Lipinski definition) is 2. The molecule has 0 saturated carbocycles. The third-order valence-corrected chi connectivity index (χ3v) is 4.89. The fourth-order valence-corrected chi connectivity index (χ4v) is 3.59. The van der Waals surface area contributed by atoms with Crippen LogP contribution in [0.5, 0.6) is 0 Å². The Kier molecular flexibility index (Phi) is 4.83. The summed E-state index contributed by atoms with van der Waals surface area (Å²) >= 11 is 5.58. The van der Waals surface area contributed by atoms with E-state index in [0.717, 1.165) is 24.5 Å². The standard InChI is InChI=1S/C13H12ClFN2O4S2/c1-22(18,19)16-9-3-2-4-10(7-9)17-23(20,21)11-5-6-13(15)12(14)8-11/h2-8,16-17H,1H3. The molecule has 0 aromatic heterocycles. The first kappa shape index (κ1) is 17.5. The molecule has 0 aliphatic heterocycles. The molecule has 0 atom stereocenters. The lowest BCUT2D eigenvalue weighted by molar-refractivity contribution is 0.599. The Morgan fingerprint density at radius 1 is 0.957 bits per heavy atom. The molecular formula is C13H12ClFN2O4S2. The van der Waals surface area contributed by atoms with Crippen LogP contribution < -0.4 is 9.44 Å². The highest BCUT2D eigenvalue weighted by molar-refractivity contribution is 7.92.